The van der Waals surface area contributed by atoms with E-state index in [4.69, 9.17) is 18.8 Å². The molecule has 0 spiro atoms. The fourth-order valence-corrected chi connectivity index (χ4v) is 5.54. The molecule has 1 heterocycles. The van der Waals surface area contributed by atoms with Gasteiger partial charge in [-0.2, -0.15) is 0 Å². The minimum absolute atomic E-state index is 0.133. The monoisotopic (exact) mass is 372 g/mol. The van der Waals surface area contributed by atoms with E-state index in [1.54, 1.807) is 7.11 Å². The van der Waals surface area contributed by atoms with Crippen LogP contribution >= 0.6 is 0 Å². The zero-order chi connectivity index (χ0) is 19.2. The molecule has 1 aromatic rings. The predicted molar refractivity (Wildman–Crippen MR) is 107 cm³/mol. The largest absolute Gasteiger partial charge is 0.497 e. The van der Waals surface area contributed by atoms with Gasteiger partial charge in [0.15, 0.2) is 0 Å². The summed E-state index contributed by atoms with van der Waals surface area (Å²) in [7, 11) is 1.54. The molecule has 0 amide bonds. The predicted octanol–water partition coefficient (Wildman–Crippen LogP) is 4.72. The van der Waals surface area contributed by atoms with Gasteiger partial charge in [0.1, 0.15) is 5.75 Å². The summed E-state index contributed by atoms with van der Waals surface area (Å²) in [5, 5.41) is 0. The highest BCUT2D eigenvalue weighted by molar-refractivity contribution is 6.47. The molecule has 3 saturated carbocycles. The number of methoxy groups -OCH3 is 1. The van der Waals surface area contributed by atoms with E-state index in [1.165, 1.54) is 6.42 Å². The second-order valence-electron chi connectivity index (χ2n) is 9.37. The molecule has 4 nitrogen and oxygen atoms in total. The van der Waals surface area contributed by atoms with Crippen molar-refractivity contribution in [3.63, 3.8) is 0 Å². The van der Waals surface area contributed by atoms with E-state index in [0.29, 0.717) is 24.5 Å². The molecule has 1 aromatic carbocycles. The summed E-state index contributed by atoms with van der Waals surface area (Å²) >= 11 is 0. The highest BCUT2D eigenvalue weighted by atomic mass is 16.7. The van der Waals surface area contributed by atoms with Crippen molar-refractivity contribution in [2.45, 2.75) is 71.1 Å². The van der Waals surface area contributed by atoms with Gasteiger partial charge in [-0.3, -0.25) is 0 Å². The SMILES string of the molecule is CC[C@@H](COCc1ccc(OC)cc1)B1O[C@@H]2C[C@@H]3CC(C3(C)C)[C@]2(C)O1. The summed E-state index contributed by atoms with van der Waals surface area (Å²) in [6.07, 6.45) is 3.67. The molecular formula is C22H33BO4. The van der Waals surface area contributed by atoms with Crippen molar-refractivity contribution in [3.05, 3.63) is 29.8 Å². The van der Waals surface area contributed by atoms with Crippen LogP contribution < -0.4 is 4.74 Å². The summed E-state index contributed by atoms with van der Waals surface area (Å²) in [6.45, 7) is 10.5. The van der Waals surface area contributed by atoms with E-state index in [9.17, 15) is 0 Å². The molecule has 5 heteroatoms. The van der Waals surface area contributed by atoms with Crippen LogP contribution in [0, 0.1) is 17.3 Å². The third-order valence-electron chi connectivity index (χ3n) is 7.64. The van der Waals surface area contributed by atoms with E-state index < -0.39 is 0 Å². The van der Waals surface area contributed by atoms with Crippen molar-refractivity contribution < 1.29 is 18.8 Å². The topological polar surface area (TPSA) is 36.9 Å². The lowest BCUT2D eigenvalue weighted by molar-refractivity contribution is -0.199. The third kappa shape index (κ3) is 3.22. The fourth-order valence-electron chi connectivity index (χ4n) is 5.54. The van der Waals surface area contributed by atoms with E-state index >= 15 is 0 Å². The fraction of sp³-hybridized carbons (Fsp3) is 0.727. The van der Waals surface area contributed by atoms with E-state index in [1.807, 2.05) is 24.3 Å². The van der Waals surface area contributed by atoms with Gasteiger partial charge >= 0.3 is 7.12 Å². The van der Waals surface area contributed by atoms with Gasteiger partial charge in [0.25, 0.3) is 0 Å². The summed E-state index contributed by atoms with van der Waals surface area (Å²) in [4.78, 5) is 0. The third-order valence-corrected chi connectivity index (χ3v) is 7.64. The molecule has 1 saturated heterocycles. The molecule has 148 valence electrons. The molecule has 4 aliphatic rings. The molecule has 1 aliphatic heterocycles. The molecule has 0 radical (unpaired) electrons. The lowest BCUT2D eigenvalue weighted by Crippen LogP contribution is -2.65. The summed E-state index contributed by atoms with van der Waals surface area (Å²) in [6, 6.07) is 8.04. The smallest absolute Gasteiger partial charge is 0.463 e. The van der Waals surface area contributed by atoms with Gasteiger partial charge in [0, 0.05) is 12.4 Å². The van der Waals surface area contributed by atoms with Crippen LogP contribution in [0.25, 0.3) is 0 Å². The van der Waals surface area contributed by atoms with Gasteiger partial charge in [-0.05, 0) is 54.7 Å². The minimum Gasteiger partial charge on any atom is -0.497 e. The zero-order valence-corrected chi connectivity index (χ0v) is 17.4. The summed E-state index contributed by atoms with van der Waals surface area (Å²) in [5.41, 5.74) is 1.41. The van der Waals surface area contributed by atoms with Crippen LogP contribution in [0.2, 0.25) is 5.82 Å². The van der Waals surface area contributed by atoms with Crippen LogP contribution in [0.3, 0.4) is 0 Å². The standard InChI is InChI=1S/C22H33BO4/c1-6-17(14-25-13-15-7-9-18(24-5)10-8-15)23-26-20-12-16-11-19(21(16,2)3)22(20,4)27-23/h7-10,16-17,19-20H,6,11-14H2,1-5H3/t16-,17-,19?,20+,22-/m0/s1. The van der Waals surface area contributed by atoms with Crippen LogP contribution in [0.4, 0.5) is 0 Å². The van der Waals surface area contributed by atoms with Gasteiger partial charge in [-0.15, -0.1) is 0 Å². The first-order valence-corrected chi connectivity index (χ1v) is 10.4. The number of hydrogen-bond donors (Lipinski definition) is 0. The quantitative estimate of drug-likeness (QED) is 0.649. The molecule has 0 N–H and O–H groups in total. The maximum Gasteiger partial charge on any atom is 0.463 e. The van der Waals surface area contributed by atoms with Gasteiger partial charge in [0.2, 0.25) is 0 Å². The Morgan fingerprint density at radius 3 is 2.56 bits per heavy atom. The van der Waals surface area contributed by atoms with Crippen molar-refractivity contribution in [2.24, 2.45) is 17.3 Å². The number of ether oxygens (including phenoxy) is 2. The molecule has 0 aromatic heterocycles. The van der Waals surface area contributed by atoms with Gasteiger partial charge < -0.3 is 18.8 Å². The van der Waals surface area contributed by atoms with Crippen LogP contribution in [0.5, 0.6) is 5.75 Å². The maximum absolute atomic E-state index is 6.61. The highest BCUT2D eigenvalue weighted by Gasteiger charge is 2.68. The molecule has 4 fully saturated rings. The Labute approximate surface area is 164 Å². The second kappa shape index (κ2) is 7.09. The lowest BCUT2D eigenvalue weighted by Gasteiger charge is -2.64. The Balaban J connectivity index is 1.33. The Kier molecular flexibility index (Phi) is 5.07. The molecule has 5 rings (SSSR count). The van der Waals surface area contributed by atoms with Crippen molar-refractivity contribution in [1.29, 1.82) is 0 Å². The van der Waals surface area contributed by atoms with Crippen LogP contribution in [0.15, 0.2) is 24.3 Å². The van der Waals surface area contributed by atoms with Crippen LogP contribution in [-0.2, 0) is 20.7 Å². The van der Waals surface area contributed by atoms with Gasteiger partial charge in [-0.25, -0.2) is 0 Å². The van der Waals surface area contributed by atoms with Crippen LogP contribution in [-0.4, -0.2) is 32.5 Å². The summed E-state index contributed by atoms with van der Waals surface area (Å²) < 4.78 is 24.3. The van der Waals surface area contributed by atoms with Crippen molar-refractivity contribution in [2.75, 3.05) is 13.7 Å². The van der Waals surface area contributed by atoms with Crippen molar-refractivity contribution >= 4 is 7.12 Å². The number of rotatable bonds is 7. The lowest BCUT2D eigenvalue weighted by atomic mass is 9.43. The molecule has 27 heavy (non-hydrogen) atoms. The van der Waals surface area contributed by atoms with Crippen molar-refractivity contribution in [3.8, 4) is 5.75 Å². The average Bonchev–Trinajstić information content (AvgIpc) is 3.02. The Morgan fingerprint density at radius 1 is 1.19 bits per heavy atom. The highest BCUT2D eigenvalue weighted by Crippen LogP contribution is 2.66. The summed E-state index contributed by atoms with van der Waals surface area (Å²) in [5.74, 6) is 2.53. The number of benzene rings is 1. The van der Waals surface area contributed by atoms with Gasteiger partial charge in [0.05, 0.1) is 25.4 Å². The molecule has 5 atom stereocenters. The average molecular weight is 372 g/mol. The molecular weight excluding hydrogens is 339 g/mol. The first-order valence-electron chi connectivity index (χ1n) is 10.4. The Bertz CT molecular complexity index is 661. The minimum atomic E-state index is -0.143. The zero-order valence-electron chi connectivity index (χ0n) is 17.4. The molecule has 3 aliphatic carbocycles. The van der Waals surface area contributed by atoms with E-state index in [2.05, 4.69) is 27.7 Å². The first kappa shape index (κ1) is 19.3. The van der Waals surface area contributed by atoms with E-state index in [0.717, 1.165) is 30.1 Å². The van der Waals surface area contributed by atoms with E-state index in [-0.39, 0.29) is 24.6 Å². The van der Waals surface area contributed by atoms with Crippen LogP contribution in [0.1, 0.15) is 52.5 Å². The van der Waals surface area contributed by atoms with Gasteiger partial charge in [-0.1, -0.05) is 39.3 Å². The second-order valence-corrected chi connectivity index (χ2v) is 9.37. The molecule has 1 unspecified atom stereocenters. The Hall–Kier alpha value is -1.04. The maximum atomic E-state index is 6.61. The first-order chi connectivity index (χ1) is 12.9. The normalized spacial score (nSPS) is 34.7. The van der Waals surface area contributed by atoms with Crippen molar-refractivity contribution in [1.82, 2.24) is 0 Å². The number of hydrogen-bond acceptors (Lipinski definition) is 4. The molecule has 2 bridgehead atoms. The Morgan fingerprint density at radius 2 is 1.93 bits per heavy atom.